The molecule has 1 saturated heterocycles. The molecule has 124 valence electrons. The second-order valence-electron chi connectivity index (χ2n) is 6.13. The summed E-state index contributed by atoms with van der Waals surface area (Å²) in [7, 11) is -2.88. The lowest BCUT2D eigenvalue weighted by Crippen LogP contribution is -2.29. The van der Waals surface area contributed by atoms with Gasteiger partial charge in [-0.05, 0) is 18.8 Å². The normalized spacial score (nSPS) is 20.4. The van der Waals surface area contributed by atoms with Crippen LogP contribution >= 0.6 is 0 Å². The van der Waals surface area contributed by atoms with Crippen LogP contribution in [-0.2, 0) is 21.1 Å². The minimum Gasteiger partial charge on any atom is -0.356 e. The second-order valence-corrected chi connectivity index (χ2v) is 8.36. The van der Waals surface area contributed by atoms with Gasteiger partial charge in [0.2, 0.25) is 11.8 Å². The lowest BCUT2D eigenvalue weighted by atomic mass is 10.1. The van der Waals surface area contributed by atoms with Crippen LogP contribution in [0.4, 0.5) is 0 Å². The molecule has 0 saturated carbocycles. The Kier molecular flexibility index (Phi) is 5.55. The molecular weight excluding hydrogens is 306 g/mol. The van der Waals surface area contributed by atoms with Gasteiger partial charge in [-0.25, -0.2) is 8.42 Å². The molecule has 1 aromatic rings. The molecule has 1 aliphatic rings. The van der Waals surface area contributed by atoms with E-state index in [0.717, 1.165) is 0 Å². The van der Waals surface area contributed by atoms with Crippen LogP contribution in [0.1, 0.15) is 50.7 Å². The molecule has 1 N–H and O–H groups in total. The molecule has 1 aliphatic heterocycles. The topological polar surface area (TPSA) is 102 Å². The molecule has 0 spiro atoms. The smallest absolute Gasteiger partial charge is 0.226 e. The number of sulfone groups is 1. The Morgan fingerprint density at radius 3 is 2.82 bits per heavy atom. The summed E-state index contributed by atoms with van der Waals surface area (Å²) >= 11 is 0. The van der Waals surface area contributed by atoms with Gasteiger partial charge in [-0.15, -0.1) is 0 Å². The summed E-state index contributed by atoms with van der Waals surface area (Å²) in [5.41, 5.74) is 0. The number of nitrogens with one attached hydrogen (secondary N) is 1. The molecule has 1 unspecified atom stereocenters. The van der Waals surface area contributed by atoms with Crippen LogP contribution in [0.25, 0.3) is 0 Å². The molecule has 0 radical (unpaired) electrons. The summed E-state index contributed by atoms with van der Waals surface area (Å²) in [5, 5.41) is 6.67. The molecule has 0 aliphatic carbocycles. The van der Waals surface area contributed by atoms with E-state index in [9.17, 15) is 13.2 Å². The summed E-state index contributed by atoms with van der Waals surface area (Å²) in [6.45, 7) is 4.42. The Hall–Kier alpha value is -1.44. The van der Waals surface area contributed by atoms with Gasteiger partial charge >= 0.3 is 0 Å². The zero-order valence-electron chi connectivity index (χ0n) is 13.0. The minimum atomic E-state index is -2.88. The Morgan fingerprint density at radius 2 is 2.23 bits per heavy atom. The van der Waals surface area contributed by atoms with Crippen molar-refractivity contribution in [3.63, 3.8) is 0 Å². The maximum atomic E-state index is 11.7. The van der Waals surface area contributed by atoms with Crippen molar-refractivity contribution in [2.24, 2.45) is 5.92 Å². The number of carbonyl (C=O) groups is 1. The molecule has 1 fully saturated rings. The zero-order chi connectivity index (χ0) is 16.2. The highest BCUT2D eigenvalue weighted by Crippen LogP contribution is 2.17. The fourth-order valence-corrected chi connectivity index (χ4v) is 4.25. The van der Waals surface area contributed by atoms with Crippen LogP contribution in [0.15, 0.2) is 4.52 Å². The van der Waals surface area contributed by atoms with Gasteiger partial charge in [0.25, 0.3) is 0 Å². The molecule has 1 aromatic heterocycles. The van der Waals surface area contributed by atoms with Crippen molar-refractivity contribution in [1.29, 1.82) is 0 Å². The van der Waals surface area contributed by atoms with Gasteiger partial charge in [0, 0.05) is 25.3 Å². The van der Waals surface area contributed by atoms with Gasteiger partial charge in [0.15, 0.2) is 15.7 Å². The van der Waals surface area contributed by atoms with Crippen LogP contribution < -0.4 is 5.32 Å². The molecule has 2 heterocycles. The van der Waals surface area contributed by atoms with Crippen molar-refractivity contribution in [1.82, 2.24) is 15.5 Å². The minimum absolute atomic E-state index is 0.0542. The number of carbonyl (C=O) groups excluding carboxylic acids is 1. The first kappa shape index (κ1) is 16.9. The fourth-order valence-electron chi connectivity index (χ4n) is 2.38. The van der Waals surface area contributed by atoms with Crippen LogP contribution in [-0.4, -0.2) is 42.5 Å². The van der Waals surface area contributed by atoms with E-state index < -0.39 is 9.84 Å². The Morgan fingerprint density at radius 1 is 1.45 bits per heavy atom. The number of aromatic nitrogens is 2. The lowest BCUT2D eigenvalue weighted by Gasteiger charge is -2.09. The standard InChI is InChI=1S/C14H23N3O4S/c1-10(2)14-16-13(21-17-14)5-3-4-12(18)15-8-11-6-7-22(19,20)9-11/h10-11H,3-9H2,1-2H3,(H,15,18). The van der Waals surface area contributed by atoms with Crippen molar-refractivity contribution >= 4 is 15.7 Å². The highest BCUT2D eigenvalue weighted by Gasteiger charge is 2.27. The SMILES string of the molecule is CC(C)c1noc(CCCC(=O)NCC2CCS(=O)(=O)C2)n1. The molecule has 7 nitrogen and oxygen atoms in total. The first-order valence-corrected chi connectivity index (χ1v) is 9.47. The number of nitrogens with zero attached hydrogens (tertiary/aromatic N) is 2. The van der Waals surface area contributed by atoms with E-state index in [4.69, 9.17) is 4.52 Å². The number of amides is 1. The van der Waals surface area contributed by atoms with E-state index >= 15 is 0 Å². The summed E-state index contributed by atoms with van der Waals surface area (Å²) in [6.07, 6.45) is 2.22. The summed E-state index contributed by atoms with van der Waals surface area (Å²) in [6, 6.07) is 0. The van der Waals surface area contributed by atoms with Gasteiger partial charge in [-0.1, -0.05) is 19.0 Å². The van der Waals surface area contributed by atoms with Crippen LogP contribution in [0.2, 0.25) is 0 Å². The van der Waals surface area contributed by atoms with E-state index in [1.54, 1.807) is 0 Å². The monoisotopic (exact) mass is 329 g/mol. The van der Waals surface area contributed by atoms with Crippen LogP contribution in [0, 0.1) is 5.92 Å². The Labute approximate surface area is 130 Å². The number of hydrogen-bond acceptors (Lipinski definition) is 6. The zero-order valence-corrected chi connectivity index (χ0v) is 13.9. The fraction of sp³-hybridized carbons (Fsp3) is 0.786. The number of rotatable bonds is 7. The molecule has 0 aromatic carbocycles. The van der Waals surface area contributed by atoms with E-state index in [-0.39, 0.29) is 29.2 Å². The largest absolute Gasteiger partial charge is 0.356 e. The molecule has 2 rings (SSSR count). The quantitative estimate of drug-likeness (QED) is 0.802. The molecule has 22 heavy (non-hydrogen) atoms. The molecule has 8 heteroatoms. The van der Waals surface area contributed by atoms with E-state index in [0.29, 0.717) is 43.9 Å². The Bertz CT molecular complexity index is 609. The van der Waals surface area contributed by atoms with Crippen molar-refractivity contribution in [2.45, 2.75) is 45.4 Å². The molecule has 1 amide bonds. The van der Waals surface area contributed by atoms with Gasteiger partial charge in [-0.2, -0.15) is 4.98 Å². The summed E-state index contributed by atoms with van der Waals surface area (Å²) in [4.78, 5) is 16.0. The third-order valence-electron chi connectivity index (χ3n) is 3.71. The van der Waals surface area contributed by atoms with Crippen molar-refractivity contribution in [3.8, 4) is 0 Å². The van der Waals surface area contributed by atoms with Crippen molar-refractivity contribution in [2.75, 3.05) is 18.1 Å². The highest BCUT2D eigenvalue weighted by molar-refractivity contribution is 7.91. The van der Waals surface area contributed by atoms with Crippen LogP contribution in [0.5, 0.6) is 0 Å². The van der Waals surface area contributed by atoms with E-state index in [1.165, 1.54) is 0 Å². The number of aryl methyl sites for hydroxylation is 1. The number of hydrogen-bond donors (Lipinski definition) is 1. The third kappa shape index (κ3) is 5.08. The maximum Gasteiger partial charge on any atom is 0.226 e. The first-order valence-electron chi connectivity index (χ1n) is 7.65. The predicted octanol–water partition coefficient (Wildman–Crippen LogP) is 1.07. The van der Waals surface area contributed by atoms with E-state index in [2.05, 4.69) is 15.5 Å². The second kappa shape index (κ2) is 7.21. The van der Waals surface area contributed by atoms with Gasteiger partial charge in [-0.3, -0.25) is 4.79 Å². The molecule has 0 bridgehead atoms. The highest BCUT2D eigenvalue weighted by atomic mass is 32.2. The first-order chi connectivity index (χ1) is 10.4. The third-order valence-corrected chi connectivity index (χ3v) is 5.55. The average molecular weight is 329 g/mol. The van der Waals surface area contributed by atoms with Gasteiger partial charge < -0.3 is 9.84 Å². The predicted molar refractivity (Wildman–Crippen MR) is 81.1 cm³/mol. The average Bonchev–Trinajstić information content (AvgIpc) is 3.03. The Balaban J connectivity index is 1.63. The van der Waals surface area contributed by atoms with Crippen LogP contribution in [0.3, 0.4) is 0 Å². The maximum absolute atomic E-state index is 11.7. The van der Waals surface area contributed by atoms with E-state index in [1.807, 2.05) is 13.8 Å². The summed E-state index contributed by atoms with van der Waals surface area (Å²) in [5.74, 6) is 1.88. The lowest BCUT2D eigenvalue weighted by molar-refractivity contribution is -0.121. The summed E-state index contributed by atoms with van der Waals surface area (Å²) < 4.78 is 27.8. The van der Waals surface area contributed by atoms with Crippen molar-refractivity contribution < 1.29 is 17.7 Å². The molecular formula is C14H23N3O4S. The van der Waals surface area contributed by atoms with Gasteiger partial charge in [0.1, 0.15) is 0 Å². The van der Waals surface area contributed by atoms with Gasteiger partial charge in [0.05, 0.1) is 11.5 Å². The molecule has 1 atom stereocenters. The van der Waals surface area contributed by atoms with Crippen molar-refractivity contribution in [3.05, 3.63) is 11.7 Å².